The number of aliphatic hydroxyl groups is 1. The fourth-order valence-corrected chi connectivity index (χ4v) is 1.30. The maximum absolute atomic E-state index is 11.3. The molecule has 0 aliphatic carbocycles. The van der Waals surface area contributed by atoms with Gasteiger partial charge in [0.1, 0.15) is 0 Å². The Hall–Kier alpha value is -1.61. The Balaban J connectivity index is 2.45. The highest BCUT2D eigenvalue weighted by molar-refractivity contribution is 5.88. The zero-order valence-corrected chi connectivity index (χ0v) is 9.60. The maximum atomic E-state index is 11.3. The minimum Gasteiger partial charge on any atom is -0.387 e. The Bertz CT molecular complexity index is 367. The first-order valence-electron chi connectivity index (χ1n) is 5.25. The molecule has 2 N–H and O–H groups in total. The van der Waals surface area contributed by atoms with Crippen LogP contribution >= 0.6 is 0 Å². The topological polar surface area (TPSA) is 49.3 Å². The van der Waals surface area contributed by atoms with Crippen LogP contribution in [0, 0.1) is 0 Å². The number of amides is 1. The molecule has 0 bridgehead atoms. The van der Waals surface area contributed by atoms with Gasteiger partial charge in [-0.25, -0.2) is 0 Å². The molecule has 0 radical (unpaired) electrons. The summed E-state index contributed by atoms with van der Waals surface area (Å²) in [6.45, 7) is 3.94. The number of allylic oxidation sites excluding steroid dienone is 1. The normalized spacial score (nSPS) is 11.7. The van der Waals surface area contributed by atoms with E-state index in [0.29, 0.717) is 0 Å². The molecule has 1 rings (SSSR count). The second kappa shape index (κ2) is 6.08. The Labute approximate surface area is 95.8 Å². The Morgan fingerprint density at radius 3 is 2.56 bits per heavy atom. The number of nitrogens with one attached hydrogen (secondary N) is 1. The second-order valence-corrected chi connectivity index (χ2v) is 3.89. The molecule has 1 atom stereocenters. The summed E-state index contributed by atoms with van der Waals surface area (Å²) < 4.78 is 0. The molecule has 0 aliphatic heterocycles. The van der Waals surface area contributed by atoms with Crippen LogP contribution in [0.15, 0.2) is 42.0 Å². The summed E-state index contributed by atoms with van der Waals surface area (Å²) in [5.41, 5.74) is 1.74. The van der Waals surface area contributed by atoms with Crippen molar-refractivity contribution in [2.75, 3.05) is 6.54 Å². The van der Waals surface area contributed by atoms with E-state index in [1.54, 1.807) is 0 Å². The number of rotatable bonds is 4. The molecule has 1 amide bonds. The van der Waals surface area contributed by atoms with Gasteiger partial charge in [-0.15, -0.1) is 0 Å². The van der Waals surface area contributed by atoms with Gasteiger partial charge in [-0.1, -0.05) is 35.9 Å². The van der Waals surface area contributed by atoms with Gasteiger partial charge < -0.3 is 10.4 Å². The summed E-state index contributed by atoms with van der Waals surface area (Å²) in [5.74, 6) is -0.171. The van der Waals surface area contributed by atoms with E-state index in [2.05, 4.69) is 5.32 Å². The van der Waals surface area contributed by atoms with Crippen molar-refractivity contribution in [3.63, 3.8) is 0 Å². The molecule has 0 aliphatic rings. The van der Waals surface area contributed by atoms with Crippen molar-refractivity contribution in [2.45, 2.75) is 20.0 Å². The van der Waals surface area contributed by atoms with Crippen molar-refractivity contribution in [1.29, 1.82) is 0 Å². The van der Waals surface area contributed by atoms with Gasteiger partial charge in [-0.05, 0) is 19.4 Å². The van der Waals surface area contributed by atoms with Crippen LogP contribution in [0.5, 0.6) is 0 Å². The monoisotopic (exact) mass is 219 g/mol. The summed E-state index contributed by atoms with van der Waals surface area (Å²) in [5, 5.41) is 12.4. The smallest absolute Gasteiger partial charge is 0.244 e. The standard InChI is InChI=1S/C13H17NO2/c1-10(2)8-13(16)14-9-12(15)11-6-4-3-5-7-11/h3-8,12,15H,9H2,1-2H3,(H,14,16). The zero-order valence-electron chi connectivity index (χ0n) is 9.60. The van der Waals surface area contributed by atoms with E-state index >= 15 is 0 Å². The summed E-state index contributed by atoms with van der Waals surface area (Å²) in [6.07, 6.45) is 0.855. The molecule has 3 nitrogen and oxygen atoms in total. The van der Waals surface area contributed by atoms with Gasteiger partial charge in [0.05, 0.1) is 6.10 Å². The van der Waals surface area contributed by atoms with Crippen molar-refractivity contribution in [2.24, 2.45) is 0 Å². The molecular formula is C13H17NO2. The molecule has 86 valence electrons. The summed E-state index contributed by atoms with van der Waals surface area (Å²) in [4.78, 5) is 11.3. The van der Waals surface area contributed by atoms with Gasteiger partial charge in [0, 0.05) is 12.6 Å². The lowest BCUT2D eigenvalue weighted by Gasteiger charge is -2.11. The van der Waals surface area contributed by atoms with Crippen molar-refractivity contribution in [3.8, 4) is 0 Å². The van der Waals surface area contributed by atoms with Crippen LogP contribution in [0.25, 0.3) is 0 Å². The largest absolute Gasteiger partial charge is 0.387 e. The van der Waals surface area contributed by atoms with E-state index in [0.717, 1.165) is 11.1 Å². The molecule has 0 aromatic heterocycles. The van der Waals surface area contributed by atoms with Crippen LogP contribution in [0.3, 0.4) is 0 Å². The molecule has 0 saturated carbocycles. The highest BCUT2D eigenvalue weighted by Gasteiger charge is 2.07. The Morgan fingerprint density at radius 1 is 1.38 bits per heavy atom. The molecule has 0 heterocycles. The third-order valence-electron chi connectivity index (χ3n) is 2.07. The molecule has 0 spiro atoms. The van der Waals surface area contributed by atoms with Gasteiger partial charge in [0.25, 0.3) is 0 Å². The first-order valence-corrected chi connectivity index (χ1v) is 5.25. The number of hydrogen-bond acceptors (Lipinski definition) is 2. The van der Waals surface area contributed by atoms with E-state index in [9.17, 15) is 9.90 Å². The molecule has 0 fully saturated rings. The van der Waals surface area contributed by atoms with Crippen LogP contribution in [0.4, 0.5) is 0 Å². The Morgan fingerprint density at radius 2 is 2.00 bits per heavy atom. The van der Waals surface area contributed by atoms with Crippen LogP contribution < -0.4 is 5.32 Å². The van der Waals surface area contributed by atoms with E-state index in [1.807, 2.05) is 44.2 Å². The van der Waals surface area contributed by atoms with Crippen molar-refractivity contribution in [1.82, 2.24) is 5.32 Å². The lowest BCUT2D eigenvalue weighted by Crippen LogP contribution is -2.26. The minimum absolute atomic E-state index is 0.171. The van der Waals surface area contributed by atoms with Crippen LogP contribution in [-0.4, -0.2) is 17.6 Å². The molecule has 1 unspecified atom stereocenters. The van der Waals surface area contributed by atoms with Crippen LogP contribution in [0.1, 0.15) is 25.5 Å². The third-order valence-corrected chi connectivity index (χ3v) is 2.07. The second-order valence-electron chi connectivity index (χ2n) is 3.89. The first kappa shape index (κ1) is 12.5. The number of carbonyl (C=O) groups is 1. The summed E-state index contributed by atoms with van der Waals surface area (Å²) in [6, 6.07) is 9.26. The molecule has 0 saturated heterocycles. The fourth-order valence-electron chi connectivity index (χ4n) is 1.30. The molecule has 1 aromatic rings. The zero-order chi connectivity index (χ0) is 12.0. The lowest BCUT2D eigenvalue weighted by molar-refractivity contribution is -0.117. The fraction of sp³-hybridized carbons (Fsp3) is 0.308. The highest BCUT2D eigenvalue weighted by Crippen LogP contribution is 2.10. The third kappa shape index (κ3) is 4.28. The van der Waals surface area contributed by atoms with E-state index in [1.165, 1.54) is 6.08 Å². The van der Waals surface area contributed by atoms with E-state index < -0.39 is 6.10 Å². The number of benzene rings is 1. The highest BCUT2D eigenvalue weighted by atomic mass is 16.3. The van der Waals surface area contributed by atoms with Crippen molar-refractivity contribution >= 4 is 5.91 Å². The molecular weight excluding hydrogens is 202 g/mol. The van der Waals surface area contributed by atoms with Crippen LogP contribution in [-0.2, 0) is 4.79 Å². The average molecular weight is 219 g/mol. The van der Waals surface area contributed by atoms with Gasteiger partial charge in [-0.2, -0.15) is 0 Å². The first-order chi connectivity index (χ1) is 7.59. The van der Waals surface area contributed by atoms with Crippen LogP contribution in [0.2, 0.25) is 0 Å². The van der Waals surface area contributed by atoms with E-state index in [-0.39, 0.29) is 12.5 Å². The quantitative estimate of drug-likeness (QED) is 0.759. The maximum Gasteiger partial charge on any atom is 0.244 e. The minimum atomic E-state index is -0.657. The van der Waals surface area contributed by atoms with Gasteiger partial charge >= 0.3 is 0 Å². The summed E-state index contributed by atoms with van der Waals surface area (Å²) >= 11 is 0. The predicted octanol–water partition coefficient (Wildman–Crippen LogP) is 1.80. The number of hydrogen-bond donors (Lipinski definition) is 2. The molecule has 16 heavy (non-hydrogen) atoms. The SMILES string of the molecule is CC(C)=CC(=O)NCC(O)c1ccccc1. The van der Waals surface area contributed by atoms with Crippen molar-refractivity contribution < 1.29 is 9.90 Å². The molecule has 1 aromatic carbocycles. The Kier molecular flexibility index (Phi) is 4.73. The number of aliphatic hydroxyl groups excluding tert-OH is 1. The van der Waals surface area contributed by atoms with Gasteiger partial charge in [0.15, 0.2) is 0 Å². The predicted molar refractivity (Wildman–Crippen MR) is 63.8 cm³/mol. The lowest BCUT2D eigenvalue weighted by atomic mass is 10.1. The van der Waals surface area contributed by atoms with Gasteiger partial charge in [-0.3, -0.25) is 4.79 Å². The van der Waals surface area contributed by atoms with Crippen molar-refractivity contribution in [3.05, 3.63) is 47.5 Å². The van der Waals surface area contributed by atoms with E-state index in [4.69, 9.17) is 0 Å². The summed E-state index contributed by atoms with van der Waals surface area (Å²) in [7, 11) is 0. The average Bonchev–Trinajstić information content (AvgIpc) is 2.26. The van der Waals surface area contributed by atoms with Gasteiger partial charge in [0.2, 0.25) is 5.91 Å². The molecule has 3 heteroatoms. The number of carbonyl (C=O) groups excluding carboxylic acids is 1.